The Labute approximate surface area is 147 Å². The lowest BCUT2D eigenvalue weighted by Gasteiger charge is -2.29. The SMILES string of the molecule is CC(C)CN(C(=O)COC(=O)c1ccc(O)cc1)C1CCS(=O)(=O)C1. The average molecular weight is 369 g/mol. The van der Waals surface area contributed by atoms with Crippen molar-refractivity contribution in [3.05, 3.63) is 29.8 Å². The Kier molecular flexibility index (Phi) is 6.05. The van der Waals surface area contributed by atoms with Crippen LogP contribution in [0.2, 0.25) is 0 Å². The number of hydrogen-bond donors (Lipinski definition) is 1. The summed E-state index contributed by atoms with van der Waals surface area (Å²) >= 11 is 0. The van der Waals surface area contributed by atoms with Gasteiger partial charge in [0.1, 0.15) is 5.75 Å². The molecule has 2 rings (SSSR count). The lowest BCUT2D eigenvalue weighted by atomic mass is 10.1. The van der Waals surface area contributed by atoms with Crippen LogP contribution in [0.3, 0.4) is 0 Å². The molecule has 0 saturated carbocycles. The van der Waals surface area contributed by atoms with E-state index in [9.17, 15) is 23.1 Å². The topological polar surface area (TPSA) is 101 Å². The quantitative estimate of drug-likeness (QED) is 0.757. The Bertz CT molecular complexity index is 726. The minimum atomic E-state index is -3.11. The number of aromatic hydroxyl groups is 1. The lowest BCUT2D eigenvalue weighted by molar-refractivity contribution is -0.137. The van der Waals surface area contributed by atoms with Crippen molar-refractivity contribution in [2.75, 3.05) is 24.7 Å². The van der Waals surface area contributed by atoms with Crippen LogP contribution in [0, 0.1) is 5.92 Å². The number of amides is 1. The second-order valence-electron chi connectivity index (χ2n) is 6.62. The first-order valence-corrected chi connectivity index (χ1v) is 9.96. The molecule has 138 valence electrons. The molecule has 7 nitrogen and oxygen atoms in total. The molecule has 1 unspecified atom stereocenters. The first kappa shape index (κ1) is 19.2. The molecule has 1 aliphatic rings. The summed E-state index contributed by atoms with van der Waals surface area (Å²) in [6.45, 7) is 3.84. The number of esters is 1. The van der Waals surface area contributed by atoms with Crippen LogP contribution in [-0.2, 0) is 19.4 Å². The Balaban J connectivity index is 1.99. The molecule has 8 heteroatoms. The maximum absolute atomic E-state index is 12.5. The molecule has 0 aromatic heterocycles. The van der Waals surface area contributed by atoms with Gasteiger partial charge in [0.15, 0.2) is 16.4 Å². The maximum Gasteiger partial charge on any atom is 0.338 e. The van der Waals surface area contributed by atoms with Gasteiger partial charge in [-0.05, 0) is 36.6 Å². The summed E-state index contributed by atoms with van der Waals surface area (Å²) in [6.07, 6.45) is 0.409. The molecule has 0 aliphatic carbocycles. The van der Waals surface area contributed by atoms with Crippen molar-refractivity contribution < 1.29 is 27.9 Å². The summed E-state index contributed by atoms with van der Waals surface area (Å²) in [6, 6.07) is 5.14. The van der Waals surface area contributed by atoms with Gasteiger partial charge in [-0.1, -0.05) is 13.8 Å². The summed E-state index contributed by atoms with van der Waals surface area (Å²) in [4.78, 5) is 26.0. The maximum atomic E-state index is 12.5. The number of phenols is 1. The van der Waals surface area contributed by atoms with E-state index in [-0.39, 0.29) is 34.8 Å². The summed E-state index contributed by atoms with van der Waals surface area (Å²) < 4.78 is 28.4. The molecule has 1 amide bonds. The zero-order valence-corrected chi connectivity index (χ0v) is 15.2. The molecule has 1 aromatic rings. The van der Waals surface area contributed by atoms with Gasteiger partial charge in [-0.3, -0.25) is 4.79 Å². The molecule has 25 heavy (non-hydrogen) atoms. The number of benzene rings is 1. The summed E-state index contributed by atoms with van der Waals surface area (Å²) in [5.41, 5.74) is 0.226. The average Bonchev–Trinajstić information content (AvgIpc) is 2.90. The number of hydrogen-bond acceptors (Lipinski definition) is 6. The molecule has 1 aromatic carbocycles. The monoisotopic (exact) mass is 369 g/mol. The van der Waals surface area contributed by atoms with E-state index in [2.05, 4.69) is 0 Å². The molecular formula is C17H23NO6S. The highest BCUT2D eigenvalue weighted by molar-refractivity contribution is 7.91. The van der Waals surface area contributed by atoms with E-state index >= 15 is 0 Å². The van der Waals surface area contributed by atoms with Crippen LogP contribution in [-0.4, -0.2) is 61.0 Å². The standard InChI is InChI=1S/C17H23NO6S/c1-12(2)9-18(14-7-8-25(22,23)11-14)16(20)10-24-17(21)13-3-5-15(19)6-4-13/h3-6,12,14,19H,7-11H2,1-2H3. The van der Waals surface area contributed by atoms with Crippen LogP contribution in [0.1, 0.15) is 30.6 Å². The van der Waals surface area contributed by atoms with Crippen LogP contribution in [0.4, 0.5) is 0 Å². The fraction of sp³-hybridized carbons (Fsp3) is 0.529. The number of carbonyl (C=O) groups is 2. The molecule has 1 aliphatic heterocycles. The van der Waals surface area contributed by atoms with E-state index in [0.717, 1.165) is 0 Å². The smallest absolute Gasteiger partial charge is 0.338 e. The first-order chi connectivity index (χ1) is 11.7. The summed E-state index contributed by atoms with van der Waals surface area (Å²) in [7, 11) is -3.11. The number of ether oxygens (including phenoxy) is 1. The third kappa shape index (κ3) is 5.45. The highest BCUT2D eigenvalue weighted by Gasteiger charge is 2.35. The third-order valence-corrected chi connectivity index (χ3v) is 5.71. The van der Waals surface area contributed by atoms with Gasteiger partial charge < -0.3 is 14.7 Å². The number of carbonyl (C=O) groups excluding carboxylic acids is 2. The number of rotatable bonds is 6. The predicted molar refractivity (Wildman–Crippen MR) is 92.0 cm³/mol. The molecule has 1 heterocycles. The predicted octanol–water partition coefficient (Wildman–Crippen LogP) is 1.22. The molecule has 1 N–H and O–H groups in total. The van der Waals surface area contributed by atoms with Crippen molar-refractivity contribution in [2.24, 2.45) is 5.92 Å². The second kappa shape index (κ2) is 7.86. The lowest BCUT2D eigenvalue weighted by Crippen LogP contribution is -2.45. The van der Waals surface area contributed by atoms with Crippen molar-refractivity contribution in [1.29, 1.82) is 0 Å². The van der Waals surface area contributed by atoms with E-state index < -0.39 is 28.3 Å². The fourth-order valence-corrected chi connectivity index (χ4v) is 4.49. The highest BCUT2D eigenvalue weighted by atomic mass is 32.2. The van der Waals surface area contributed by atoms with Gasteiger partial charge in [0.05, 0.1) is 17.1 Å². The van der Waals surface area contributed by atoms with Gasteiger partial charge in [0.2, 0.25) is 0 Å². The third-order valence-electron chi connectivity index (χ3n) is 3.96. The van der Waals surface area contributed by atoms with Gasteiger partial charge in [0.25, 0.3) is 5.91 Å². The van der Waals surface area contributed by atoms with Crippen molar-refractivity contribution in [3.63, 3.8) is 0 Å². The Hall–Kier alpha value is -2.09. The number of phenolic OH excluding ortho intramolecular Hbond substituents is 1. The minimum Gasteiger partial charge on any atom is -0.508 e. The fourth-order valence-electron chi connectivity index (χ4n) is 2.76. The number of nitrogens with zero attached hydrogens (tertiary/aromatic N) is 1. The van der Waals surface area contributed by atoms with Crippen LogP contribution in [0.5, 0.6) is 5.75 Å². The van der Waals surface area contributed by atoms with Gasteiger partial charge in [-0.15, -0.1) is 0 Å². The first-order valence-electron chi connectivity index (χ1n) is 8.14. The van der Waals surface area contributed by atoms with Crippen molar-refractivity contribution in [1.82, 2.24) is 4.90 Å². The molecule has 1 saturated heterocycles. The Morgan fingerprint density at radius 1 is 1.28 bits per heavy atom. The molecular weight excluding hydrogens is 346 g/mol. The van der Waals surface area contributed by atoms with Crippen molar-refractivity contribution in [2.45, 2.75) is 26.3 Å². The molecule has 0 spiro atoms. The van der Waals surface area contributed by atoms with E-state index in [1.807, 2.05) is 13.8 Å². The van der Waals surface area contributed by atoms with Gasteiger partial charge in [-0.25, -0.2) is 13.2 Å². The molecule has 0 bridgehead atoms. The Morgan fingerprint density at radius 3 is 2.44 bits per heavy atom. The highest BCUT2D eigenvalue weighted by Crippen LogP contribution is 2.19. The second-order valence-corrected chi connectivity index (χ2v) is 8.85. The molecule has 0 radical (unpaired) electrons. The van der Waals surface area contributed by atoms with E-state index in [4.69, 9.17) is 4.74 Å². The molecule has 1 atom stereocenters. The normalized spacial score (nSPS) is 18.9. The van der Waals surface area contributed by atoms with Gasteiger partial charge in [-0.2, -0.15) is 0 Å². The Morgan fingerprint density at radius 2 is 1.92 bits per heavy atom. The van der Waals surface area contributed by atoms with E-state index in [1.54, 1.807) is 0 Å². The van der Waals surface area contributed by atoms with Crippen molar-refractivity contribution >= 4 is 21.7 Å². The molecule has 1 fully saturated rings. The van der Waals surface area contributed by atoms with Crippen molar-refractivity contribution in [3.8, 4) is 5.75 Å². The zero-order chi connectivity index (χ0) is 18.6. The zero-order valence-electron chi connectivity index (χ0n) is 14.3. The number of sulfone groups is 1. The van der Waals surface area contributed by atoms with Gasteiger partial charge >= 0.3 is 5.97 Å². The van der Waals surface area contributed by atoms with Crippen LogP contribution >= 0.6 is 0 Å². The minimum absolute atomic E-state index is 0.0261. The summed E-state index contributed by atoms with van der Waals surface area (Å²) in [5, 5.41) is 9.21. The van der Waals surface area contributed by atoms with Crippen LogP contribution < -0.4 is 0 Å². The summed E-state index contributed by atoms with van der Waals surface area (Å²) in [5.74, 6) is -0.845. The van der Waals surface area contributed by atoms with E-state index in [0.29, 0.717) is 13.0 Å². The largest absolute Gasteiger partial charge is 0.508 e. The van der Waals surface area contributed by atoms with Crippen LogP contribution in [0.15, 0.2) is 24.3 Å². The van der Waals surface area contributed by atoms with Crippen LogP contribution in [0.25, 0.3) is 0 Å². The van der Waals surface area contributed by atoms with E-state index in [1.165, 1.54) is 29.2 Å². The van der Waals surface area contributed by atoms with Gasteiger partial charge in [0, 0.05) is 12.6 Å².